The molecule has 0 spiro atoms. The molecule has 0 N–H and O–H groups in total. The van der Waals surface area contributed by atoms with Crippen LogP contribution in [0.2, 0.25) is 0 Å². The van der Waals surface area contributed by atoms with Crippen molar-refractivity contribution in [3.63, 3.8) is 0 Å². The second-order valence-electron chi connectivity index (χ2n) is 4.47. The van der Waals surface area contributed by atoms with Gasteiger partial charge in [-0.05, 0) is 0 Å². The van der Waals surface area contributed by atoms with Gasteiger partial charge in [-0.25, -0.2) is 21.0 Å². The van der Waals surface area contributed by atoms with Gasteiger partial charge in [0.05, 0.1) is 27.2 Å². The first kappa shape index (κ1) is 14.0. The number of hydrogen-bond donors (Lipinski definition) is 0. The molecule has 6 heteroatoms. The van der Waals surface area contributed by atoms with Crippen molar-refractivity contribution in [2.45, 2.75) is 12.8 Å². The van der Waals surface area contributed by atoms with Gasteiger partial charge in [0, 0.05) is 12.8 Å². The Morgan fingerprint density at radius 2 is 1.12 bits per heavy atom. The molecule has 0 bridgehead atoms. The predicted molar refractivity (Wildman–Crippen MR) is 59.3 cm³/mol. The fourth-order valence-corrected chi connectivity index (χ4v) is 1.36. The van der Waals surface area contributed by atoms with Crippen LogP contribution < -0.4 is 0 Å². The highest BCUT2D eigenvalue weighted by atomic mass is 15.3. The van der Waals surface area contributed by atoms with E-state index in [1.807, 2.05) is 0 Å². The highest BCUT2D eigenvalue weighted by Crippen LogP contribution is 2.11. The number of likely N-dealkylation sites (tertiary alicyclic amines) is 1. The van der Waals surface area contributed by atoms with E-state index in [1.165, 1.54) is 54.3 Å². The lowest BCUT2D eigenvalue weighted by Gasteiger charge is -2.21. The number of hydrogen-bond acceptors (Lipinski definition) is 4. The minimum absolute atomic E-state index is 1.25. The molecule has 82 valence electrons. The topological polar surface area (TPSA) is 95.2 Å². The summed E-state index contributed by atoms with van der Waals surface area (Å²) < 4.78 is 1.25. The molecule has 0 radical (unpaired) electrons. The third kappa shape index (κ3) is 4.01. The van der Waals surface area contributed by atoms with E-state index in [0.717, 1.165) is 0 Å². The average Bonchev–Trinajstić information content (AvgIpc) is 2.68. The van der Waals surface area contributed by atoms with Crippen LogP contribution in [0.3, 0.4) is 0 Å². The molecule has 0 atom stereocenters. The molecule has 0 saturated carbocycles. The summed E-state index contributed by atoms with van der Waals surface area (Å²) in [6.45, 7) is 2.78. The highest BCUT2D eigenvalue weighted by Gasteiger charge is 2.22. The minimum atomic E-state index is -2.72. The van der Waals surface area contributed by atoms with Gasteiger partial charge in [-0.15, -0.1) is 23.9 Å². The Morgan fingerprint density at radius 3 is 1.19 bits per heavy atom. The molecule has 0 aromatic rings. The molecule has 16 heavy (non-hydrogen) atoms. The van der Waals surface area contributed by atoms with Crippen molar-refractivity contribution in [1.29, 1.82) is 21.0 Å². The van der Waals surface area contributed by atoms with Gasteiger partial charge in [0.25, 0.3) is 0 Å². The van der Waals surface area contributed by atoms with Crippen LogP contribution in [0, 0.1) is 44.9 Å². The van der Waals surface area contributed by atoms with Gasteiger partial charge in [0.1, 0.15) is 0 Å². The first-order chi connectivity index (χ1) is 7.45. The van der Waals surface area contributed by atoms with Gasteiger partial charge in [0.2, 0.25) is 0 Å². The van der Waals surface area contributed by atoms with E-state index in [2.05, 4.69) is 14.1 Å². The molecule has 0 aromatic carbocycles. The maximum atomic E-state index is 8.09. The molecule has 0 aromatic heterocycles. The fraction of sp³-hybridized carbons (Fsp3) is 0.600. The smallest absolute Gasteiger partial charge is 0.328 e. The largest absolute Gasteiger partial charge is 0.383 e. The van der Waals surface area contributed by atoms with Crippen LogP contribution in [0.4, 0.5) is 0 Å². The van der Waals surface area contributed by atoms with Crippen LogP contribution in [0.1, 0.15) is 12.8 Å². The molecule has 1 fully saturated rings. The van der Waals surface area contributed by atoms with Gasteiger partial charge < -0.3 is 4.48 Å². The van der Waals surface area contributed by atoms with Gasteiger partial charge >= 0.3 is 6.15 Å². The standard InChI is InChI=1S/C6H14N.C4BN4/c1-7(2)5-3-4-6-7;6-1-5(2-7,3-8)4-9/h3-6H2,1-2H3;/q+1;-1. The lowest BCUT2D eigenvalue weighted by Crippen LogP contribution is -2.35. The molecule has 0 unspecified atom stereocenters. The summed E-state index contributed by atoms with van der Waals surface area (Å²) in [5.41, 5.74) is 0. The number of quaternary nitrogens is 1. The zero-order valence-corrected chi connectivity index (χ0v) is 9.64. The van der Waals surface area contributed by atoms with E-state index >= 15 is 0 Å². The molecular weight excluding hydrogens is 201 g/mol. The second kappa shape index (κ2) is 5.77. The second-order valence-corrected chi connectivity index (χ2v) is 4.47. The Labute approximate surface area is 96.2 Å². The average molecular weight is 215 g/mol. The Balaban J connectivity index is 0.000000288. The third-order valence-corrected chi connectivity index (χ3v) is 2.55. The maximum Gasteiger partial charge on any atom is 0.383 e. The molecule has 5 nitrogen and oxygen atoms in total. The first-order valence-electron chi connectivity index (χ1n) is 5.08. The molecule has 1 aliphatic rings. The maximum absolute atomic E-state index is 8.09. The van der Waals surface area contributed by atoms with Crippen molar-refractivity contribution in [1.82, 2.24) is 0 Å². The summed E-state index contributed by atoms with van der Waals surface area (Å²) in [6, 6.07) is 0. The number of nitrogens with zero attached hydrogens (tertiary/aromatic N) is 5. The summed E-state index contributed by atoms with van der Waals surface area (Å²) in [7, 11) is 4.60. The monoisotopic (exact) mass is 215 g/mol. The van der Waals surface area contributed by atoms with Crippen LogP contribution in [0.25, 0.3) is 0 Å². The molecule has 0 amide bonds. The summed E-state index contributed by atoms with van der Waals surface area (Å²) in [6.07, 6.45) is 0.153. The molecule has 1 saturated heterocycles. The lowest BCUT2D eigenvalue weighted by molar-refractivity contribution is -0.877. The molecule has 1 aliphatic heterocycles. The van der Waals surface area contributed by atoms with Crippen LogP contribution in [-0.2, 0) is 0 Å². The molecule has 0 aliphatic carbocycles. The molecular formula is C10H14BN5. The van der Waals surface area contributed by atoms with Crippen LogP contribution in [0.5, 0.6) is 0 Å². The van der Waals surface area contributed by atoms with Crippen molar-refractivity contribution >= 4 is 6.15 Å². The molecule has 1 heterocycles. The Kier molecular flexibility index (Phi) is 5.04. The number of rotatable bonds is 0. The Bertz CT molecular complexity index is 331. The van der Waals surface area contributed by atoms with E-state index in [1.54, 1.807) is 0 Å². The van der Waals surface area contributed by atoms with E-state index < -0.39 is 6.15 Å². The Hall–Kier alpha value is -2.02. The van der Waals surface area contributed by atoms with Crippen molar-refractivity contribution in [2.24, 2.45) is 0 Å². The minimum Gasteiger partial charge on any atom is -0.328 e. The van der Waals surface area contributed by atoms with Gasteiger partial charge in [0.15, 0.2) is 0 Å². The van der Waals surface area contributed by atoms with Crippen LogP contribution in [-0.4, -0.2) is 37.8 Å². The van der Waals surface area contributed by atoms with E-state index in [9.17, 15) is 0 Å². The molecule has 1 rings (SSSR count). The van der Waals surface area contributed by atoms with Crippen molar-refractivity contribution in [2.75, 3.05) is 27.2 Å². The summed E-state index contributed by atoms with van der Waals surface area (Å²) in [5, 5.41) is 32.3. The SMILES string of the molecule is C[N+]1(C)CCCC1.N#C[B-](C#N)(C#N)C#N. The highest BCUT2D eigenvalue weighted by molar-refractivity contribution is 7.05. The fourth-order valence-electron chi connectivity index (χ4n) is 1.36. The number of nitriles is 4. The summed E-state index contributed by atoms with van der Waals surface area (Å²) >= 11 is 0. The lowest BCUT2D eigenvalue weighted by atomic mass is 9.30. The first-order valence-corrected chi connectivity index (χ1v) is 5.08. The quantitative estimate of drug-likeness (QED) is 0.435. The third-order valence-electron chi connectivity index (χ3n) is 2.55. The normalized spacial score (nSPS) is 16.6. The zero-order valence-electron chi connectivity index (χ0n) is 9.64. The van der Waals surface area contributed by atoms with E-state index in [-0.39, 0.29) is 0 Å². The van der Waals surface area contributed by atoms with Gasteiger partial charge in [-0.2, -0.15) is 0 Å². The van der Waals surface area contributed by atoms with E-state index in [0.29, 0.717) is 0 Å². The van der Waals surface area contributed by atoms with E-state index in [4.69, 9.17) is 21.0 Å². The van der Waals surface area contributed by atoms with Crippen molar-refractivity contribution in [3.05, 3.63) is 0 Å². The van der Waals surface area contributed by atoms with Crippen LogP contribution >= 0.6 is 0 Å². The predicted octanol–water partition coefficient (Wildman–Crippen LogP) is 0.543. The van der Waals surface area contributed by atoms with Crippen LogP contribution in [0.15, 0.2) is 0 Å². The summed E-state index contributed by atoms with van der Waals surface area (Å²) in [4.78, 5) is 0. The van der Waals surface area contributed by atoms with Gasteiger partial charge in [-0.3, -0.25) is 0 Å². The van der Waals surface area contributed by atoms with Gasteiger partial charge in [-0.1, -0.05) is 0 Å². The Morgan fingerprint density at radius 1 is 0.812 bits per heavy atom. The zero-order chi connectivity index (χ0) is 12.7. The van der Waals surface area contributed by atoms with Crippen molar-refractivity contribution < 1.29 is 4.48 Å². The summed E-state index contributed by atoms with van der Waals surface area (Å²) in [5.74, 6) is 5.38. The van der Waals surface area contributed by atoms with Crippen molar-refractivity contribution in [3.8, 4) is 23.9 Å².